The van der Waals surface area contributed by atoms with Crippen molar-refractivity contribution < 1.29 is 24.9 Å². The summed E-state index contributed by atoms with van der Waals surface area (Å²) in [7, 11) is 0. The van der Waals surface area contributed by atoms with Crippen LogP contribution in [0, 0.1) is 0 Å². The van der Waals surface area contributed by atoms with E-state index >= 15 is 0 Å². The maximum absolute atomic E-state index is 12.2. The highest BCUT2D eigenvalue weighted by Gasteiger charge is 2.57. The number of nitrogens with zero attached hydrogens (tertiary/aromatic N) is 1. The molecule has 9 heteroatoms. The molecule has 24 heavy (non-hydrogen) atoms. The zero-order valence-electron chi connectivity index (χ0n) is 12.5. The van der Waals surface area contributed by atoms with Crippen molar-refractivity contribution in [3.8, 4) is 0 Å². The van der Waals surface area contributed by atoms with Crippen LogP contribution in [-0.4, -0.2) is 55.6 Å². The summed E-state index contributed by atoms with van der Waals surface area (Å²) in [6, 6.07) is 1.07. The molecule has 0 unspecified atom stereocenters. The minimum Gasteiger partial charge on any atom is -0.394 e. The standard InChI is InChI=1S/C15H16N2O7/c18-7-10-12(21)13(22)15(24-10,8-1-3-9(19)4-2-8)17-6-5-11(20)16-14(17)23/h1-3,5-6,10,12-13,18,21-22H,4,7H2,(H,16,20,23)/t10-,12-,13-,15-/m1/s1. The number of hydrogen-bond acceptors (Lipinski definition) is 7. The van der Waals surface area contributed by atoms with Crippen LogP contribution in [0.2, 0.25) is 0 Å². The van der Waals surface area contributed by atoms with Gasteiger partial charge in [0.2, 0.25) is 5.72 Å². The van der Waals surface area contributed by atoms with Gasteiger partial charge in [-0.15, -0.1) is 0 Å². The second kappa shape index (κ2) is 5.95. The van der Waals surface area contributed by atoms with Gasteiger partial charge in [-0.1, -0.05) is 12.2 Å². The molecule has 1 aromatic heterocycles. The lowest BCUT2D eigenvalue weighted by molar-refractivity contribution is -0.122. The predicted octanol–water partition coefficient (Wildman–Crippen LogP) is -2.24. The number of aromatic nitrogens is 2. The van der Waals surface area contributed by atoms with Crippen molar-refractivity contribution in [2.75, 3.05) is 6.61 Å². The number of ketones is 1. The van der Waals surface area contributed by atoms with Crippen LogP contribution in [0.1, 0.15) is 6.42 Å². The van der Waals surface area contributed by atoms with Gasteiger partial charge in [0, 0.05) is 24.3 Å². The minimum absolute atomic E-state index is 0.0294. The number of allylic oxidation sites excluding steroid dienone is 2. The molecule has 1 aliphatic carbocycles. The quantitative estimate of drug-likeness (QED) is 0.489. The third-order valence-corrected chi connectivity index (χ3v) is 4.18. The van der Waals surface area contributed by atoms with Crippen molar-refractivity contribution in [3.05, 3.63) is 56.9 Å². The Bertz CT molecular complexity index is 837. The molecular formula is C15H16N2O7. The lowest BCUT2D eigenvalue weighted by atomic mass is 9.90. The fourth-order valence-corrected chi connectivity index (χ4v) is 3.00. The van der Waals surface area contributed by atoms with E-state index in [0.717, 1.165) is 16.8 Å². The monoisotopic (exact) mass is 336 g/mol. The fourth-order valence-electron chi connectivity index (χ4n) is 3.00. The number of aromatic amines is 1. The Morgan fingerprint density at radius 2 is 2.04 bits per heavy atom. The first kappa shape index (κ1) is 16.5. The van der Waals surface area contributed by atoms with Crippen LogP contribution in [0.5, 0.6) is 0 Å². The molecule has 4 N–H and O–H groups in total. The highest BCUT2D eigenvalue weighted by molar-refractivity contribution is 5.92. The fraction of sp³-hybridized carbons (Fsp3) is 0.400. The summed E-state index contributed by atoms with van der Waals surface area (Å²) in [6.07, 6.45) is 1.04. The maximum Gasteiger partial charge on any atom is 0.331 e. The van der Waals surface area contributed by atoms with Gasteiger partial charge in [0.1, 0.15) is 18.3 Å². The van der Waals surface area contributed by atoms with Gasteiger partial charge in [-0.2, -0.15) is 0 Å². The molecule has 0 spiro atoms. The summed E-state index contributed by atoms with van der Waals surface area (Å²) in [4.78, 5) is 37.0. The van der Waals surface area contributed by atoms with Gasteiger partial charge < -0.3 is 20.1 Å². The zero-order valence-corrected chi connectivity index (χ0v) is 12.5. The van der Waals surface area contributed by atoms with Crippen LogP contribution < -0.4 is 11.2 Å². The molecule has 0 bridgehead atoms. The Labute approximate surface area is 135 Å². The number of hydrogen-bond donors (Lipinski definition) is 4. The van der Waals surface area contributed by atoms with Crippen LogP contribution in [0.15, 0.2) is 45.7 Å². The number of nitrogens with one attached hydrogen (secondary N) is 1. The van der Waals surface area contributed by atoms with Crippen molar-refractivity contribution in [2.24, 2.45) is 0 Å². The number of carbonyl (C=O) groups excluding carboxylic acids is 1. The Hall–Kier alpha value is -2.33. The predicted molar refractivity (Wildman–Crippen MR) is 80.1 cm³/mol. The van der Waals surface area contributed by atoms with E-state index in [1.54, 1.807) is 0 Å². The molecular weight excluding hydrogens is 320 g/mol. The largest absolute Gasteiger partial charge is 0.394 e. The zero-order chi connectivity index (χ0) is 17.5. The summed E-state index contributed by atoms with van der Waals surface area (Å²) in [5, 5.41) is 30.1. The van der Waals surface area contributed by atoms with Crippen molar-refractivity contribution in [3.63, 3.8) is 0 Å². The number of ether oxygens (including phenoxy) is 1. The molecule has 2 aliphatic rings. The van der Waals surface area contributed by atoms with E-state index in [1.807, 2.05) is 0 Å². The van der Waals surface area contributed by atoms with Crippen LogP contribution in [0.3, 0.4) is 0 Å². The molecule has 1 aliphatic heterocycles. The average molecular weight is 336 g/mol. The molecule has 2 heterocycles. The first-order chi connectivity index (χ1) is 11.4. The Morgan fingerprint density at radius 3 is 2.58 bits per heavy atom. The second-order valence-electron chi connectivity index (χ2n) is 5.61. The van der Waals surface area contributed by atoms with E-state index in [-0.39, 0.29) is 17.8 Å². The normalized spacial score (nSPS) is 32.9. The van der Waals surface area contributed by atoms with E-state index < -0.39 is 41.9 Å². The first-order valence-corrected chi connectivity index (χ1v) is 7.29. The van der Waals surface area contributed by atoms with Crippen LogP contribution in [0.4, 0.5) is 0 Å². The van der Waals surface area contributed by atoms with E-state index in [9.17, 15) is 29.7 Å². The van der Waals surface area contributed by atoms with Crippen molar-refractivity contribution in [2.45, 2.75) is 30.5 Å². The van der Waals surface area contributed by atoms with Crippen LogP contribution >= 0.6 is 0 Å². The van der Waals surface area contributed by atoms with Gasteiger partial charge in [0.05, 0.1) is 6.61 Å². The van der Waals surface area contributed by atoms with Gasteiger partial charge in [0.15, 0.2) is 5.78 Å². The highest BCUT2D eigenvalue weighted by atomic mass is 16.6. The lowest BCUT2D eigenvalue weighted by Crippen LogP contribution is -2.52. The molecule has 0 radical (unpaired) electrons. The third kappa shape index (κ3) is 2.38. The van der Waals surface area contributed by atoms with Gasteiger partial charge in [-0.25, -0.2) is 4.79 Å². The number of carbonyl (C=O) groups is 1. The number of aliphatic hydroxyl groups is 3. The third-order valence-electron chi connectivity index (χ3n) is 4.18. The molecule has 1 fully saturated rings. The molecule has 0 saturated carbocycles. The number of rotatable bonds is 3. The Morgan fingerprint density at radius 1 is 1.29 bits per heavy atom. The highest BCUT2D eigenvalue weighted by Crippen LogP contribution is 2.41. The van der Waals surface area contributed by atoms with E-state index in [2.05, 4.69) is 4.98 Å². The second-order valence-corrected chi connectivity index (χ2v) is 5.61. The topological polar surface area (TPSA) is 142 Å². The summed E-state index contributed by atoms with van der Waals surface area (Å²) in [5.74, 6) is -0.172. The van der Waals surface area contributed by atoms with Gasteiger partial charge >= 0.3 is 5.69 Å². The van der Waals surface area contributed by atoms with E-state index in [4.69, 9.17) is 4.74 Å². The number of aliphatic hydroxyl groups excluding tert-OH is 3. The van der Waals surface area contributed by atoms with Crippen molar-refractivity contribution >= 4 is 5.78 Å². The lowest BCUT2D eigenvalue weighted by Gasteiger charge is -2.35. The average Bonchev–Trinajstić information content (AvgIpc) is 2.81. The smallest absolute Gasteiger partial charge is 0.331 e. The molecule has 9 nitrogen and oxygen atoms in total. The molecule has 1 saturated heterocycles. The molecule has 3 rings (SSSR count). The first-order valence-electron chi connectivity index (χ1n) is 7.29. The molecule has 0 aromatic carbocycles. The Kier molecular flexibility index (Phi) is 4.10. The van der Waals surface area contributed by atoms with Crippen LogP contribution in [0.25, 0.3) is 0 Å². The SMILES string of the molecule is O=C1C=CC([C@@]2(n3ccc(=O)[nH]c3=O)O[C@H](CO)[C@@H](O)[C@H]2O)=CC1. The van der Waals surface area contributed by atoms with Gasteiger partial charge in [0.25, 0.3) is 5.56 Å². The Balaban J connectivity index is 2.23. The summed E-state index contributed by atoms with van der Waals surface area (Å²) < 4.78 is 6.60. The number of H-pyrrole nitrogens is 1. The maximum atomic E-state index is 12.2. The minimum atomic E-state index is -1.87. The van der Waals surface area contributed by atoms with Gasteiger partial charge in [-0.05, 0) is 6.08 Å². The van der Waals surface area contributed by atoms with Crippen LogP contribution in [-0.2, 0) is 15.3 Å². The van der Waals surface area contributed by atoms with Gasteiger partial charge in [-0.3, -0.25) is 19.1 Å². The van der Waals surface area contributed by atoms with E-state index in [0.29, 0.717) is 0 Å². The van der Waals surface area contributed by atoms with Crippen molar-refractivity contribution in [1.82, 2.24) is 9.55 Å². The van der Waals surface area contributed by atoms with Crippen molar-refractivity contribution in [1.29, 1.82) is 0 Å². The molecule has 128 valence electrons. The molecule has 1 aromatic rings. The summed E-state index contributed by atoms with van der Waals surface area (Å²) in [6.45, 7) is -0.589. The molecule has 4 atom stereocenters. The molecule has 0 amide bonds. The summed E-state index contributed by atoms with van der Waals surface area (Å²) >= 11 is 0. The summed E-state index contributed by atoms with van der Waals surface area (Å²) in [5.41, 5.74) is -3.11. The van der Waals surface area contributed by atoms with E-state index in [1.165, 1.54) is 18.2 Å².